The summed E-state index contributed by atoms with van der Waals surface area (Å²) in [7, 11) is 0. The summed E-state index contributed by atoms with van der Waals surface area (Å²) in [5.41, 5.74) is 14.0. The quantitative estimate of drug-likeness (QED) is 0.638. The van der Waals surface area contributed by atoms with Gasteiger partial charge in [0.2, 0.25) is 5.91 Å². The van der Waals surface area contributed by atoms with Crippen LogP contribution in [0.15, 0.2) is 27.9 Å². The Morgan fingerprint density at radius 3 is 2.54 bits per heavy atom. The maximum absolute atomic E-state index is 12.7. The van der Waals surface area contributed by atoms with Crippen molar-refractivity contribution in [2.24, 2.45) is 5.41 Å². The number of nitrogens with two attached hydrogens (primary N) is 2. The van der Waals surface area contributed by atoms with Gasteiger partial charge in [-0.15, -0.1) is 11.8 Å². The van der Waals surface area contributed by atoms with Gasteiger partial charge in [0.15, 0.2) is 0 Å². The second-order valence-corrected chi connectivity index (χ2v) is 9.08. The summed E-state index contributed by atoms with van der Waals surface area (Å²) >= 11 is 1.56. The fourth-order valence-corrected chi connectivity index (χ4v) is 3.64. The second kappa shape index (κ2) is 8.68. The first-order valence-corrected chi connectivity index (χ1v) is 10.1. The van der Waals surface area contributed by atoms with Crippen LogP contribution < -0.4 is 22.3 Å². The highest BCUT2D eigenvalue weighted by atomic mass is 32.2. The minimum atomic E-state index is -0.336. The van der Waals surface area contributed by atoms with Crippen LogP contribution in [0.3, 0.4) is 0 Å². The summed E-state index contributed by atoms with van der Waals surface area (Å²) in [6, 6.07) is 5.39. The molecule has 0 aromatic carbocycles. The van der Waals surface area contributed by atoms with Crippen molar-refractivity contribution in [1.29, 1.82) is 0 Å². The van der Waals surface area contributed by atoms with E-state index >= 15 is 0 Å². The number of nitrogens with zero attached hydrogens (tertiary/aromatic N) is 2. The number of thioether (sulfide) groups is 1. The second-order valence-electron chi connectivity index (χ2n) is 8.06. The molecule has 152 valence electrons. The average Bonchev–Trinajstić information content (AvgIpc) is 2.59. The third kappa shape index (κ3) is 5.76. The molecule has 2 aromatic heterocycles. The molecule has 0 spiro atoms. The van der Waals surface area contributed by atoms with E-state index in [0.29, 0.717) is 18.1 Å². The van der Waals surface area contributed by atoms with Crippen LogP contribution in [0, 0.1) is 19.3 Å². The van der Waals surface area contributed by atoms with E-state index in [1.165, 1.54) is 4.57 Å². The van der Waals surface area contributed by atoms with Crippen molar-refractivity contribution in [3.63, 3.8) is 0 Å². The van der Waals surface area contributed by atoms with Crippen LogP contribution in [0.1, 0.15) is 37.7 Å². The van der Waals surface area contributed by atoms with Crippen molar-refractivity contribution in [2.75, 3.05) is 17.2 Å². The summed E-state index contributed by atoms with van der Waals surface area (Å²) in [5.74, 6) is 1.01. The van der Waals surface area contributed by atoms with Crippen molar-refractivity contribution >= 4 is 29.2 Å². The van der Waals surface area contributed by atoms with Gasteiger partial charge in [0, 0.05) is 28.6 Å². The SMILES string of the molecule is Cc1nc(N)ccc1CNC(=O)Cn1c(C)cc(SCC(C)(C)C)c(N)c1=O. The lowest BCUT2D eigenvalue weighted by Crippen LogP contribution is -2.34. The van der Waals surface area contributed by atoms with Gasteiger partial charge in [-0.1, -0.05) is 26.8 Å². The number of nitrogens with one attached hydrogen (secondary N) is 1. The van der Waals surface area contributed by atoms with Gasteiger partial charge >= 0.3 is 0 Å². The lowest BCUT2D eigenvalue weighted by Gasteiger charge is -2.19. The third-order valence-electron chi connectivity index (χ3n) is 4.16. The Bertz CT molecular complexity index is 931. The molecule has 2 heterocycles. The lowest BCUT2D eigenvalue weighted by molar-refractivity contribution is -0.121. The molecule has 5 N–H and O–H groups in total. The molecular formula is C20H29N5O2S. The largest absolute Gasteiger partial charge is 0.393 e. The van der Waals surface area contributed by atoms with Crippen molar-refractivity contribution in [2.45, 2.75) is 52.6 Å². The van der Waals surface area contributed by atoms with Crippen LogP contribution in [0.25, 0.3) is 0 Å². The molecule has 0 atom stereocenters. The fraction of sp³-hybridized carbons (Fsp3) is 0.450. The number of anilines is 2. The highest BCUT2D eigenvalue weighted by Crippen LogP contribution is 2.29. The molecule has 8 heteroatoms. The van der Waals surface area contributed by atoms with Crippen LogP contribution in [-0.2, 0) is 17.9 Å². The monoisotopic (exact) mass is 403 g/mol. The van der Waals surface area contributed by atoms with E-state index in [1.807, 2.05) is 26.0 Å². The van der Waals surface area contributed by atoms with Gasteiger partial charge in [-0.25, -0.2) is 4.98 Å². The predicted molar refractivity (Wildman–Crippen MR) is 115 cm³/mol. The van der Waals surface area contributed by atoms with Crippen LogP contribution >= 0.6 is 11.8 Å². The number of pyridine rings is 2. The minimum absolute atomic E-state index is 0.0828. The highest BCUT2D eigenvalue weighted by molar-refractivity contribution is 7.99. The fourth-order valence-electron chi connectivity index (χ4n) is 2.56. The number of carbonyl (C=O) groups excluding carboxylic acids is 1. The molecule has 2 rings (SSSR count). The molecule has 28 heavy (non-hydrogen) atoms. The van der Waals surface area contributed by atoms with E-state index in [4.69, 9.17) is 11.5 Å². The number of nitrogen functional groups attached to an aromatic ring is 2. The van der Waals surface area contributed by atoms with Crippen LogP contribution in [0.4, 0.5) is 11.5 Å². The molecule has 0 saturated heterocycles. The normalized spacial score (nSPS) is 11.5. The zero-order valence-electron chi connectivity index (χ0n) is 17.1. The highest BCUT2D eigenvalue weighted by Gasteiger charge is 2.16. The molecular weight excluding hydrogens is 374 g/mol. The molecule has 0 aliphatic rings. The Kier molecular flexibility index (Phi) is 6.77. The topological polar surface area (TPSA) is 116 Å². The molecule has 2 aromatic rings. The first-order chi connectivity index (χ1) is 13.0. The summed E-state index contributed by atoms with van der Waals surface area (Å²) in [5, 5.41) is 2.82. The number of carbonyl (C=O) groups is 1. The van der Waals surface area contributed by atoms with Crippen LogP contribution in [0.2, 0.25) is 0 Å². The number of hydrogen-bond donors (Lipinski definition) is 3. The number of aromatic nitrogens is 2. The van der Waals surface area contributed by atoms with E-state index in [2.05, 4.69) is 31.1 Å². The summed E-state index contributed by atoms with van der Waals surface area (Å²) in [6.07, 6.45) is 0. The number of rotatable bonds is 6. The summed E-state index contributed by atoms with van der Waals surface area (Å²) in [4.78, 5) is 30.0. The maximum atomic E-state index is 12.7. The van der Waals surface area contributed by atoms with Gasteiger partial charge in [-0.3, -0.25) is 9.59 Å². The maximum Gasteiger partial charge on any atom is 0.275 e. The Labute approximate surface area is 169 Å². The molecule has 7 nitrogen and oxygen atoms in total. The van der Waals surface area contributed by atoms with Gasteiger partial charge in [0.05, 0.1) is 0 Å². The number of aryl methyl sites for hydroxylation is 2. The molecule has 0 saturated carbocycles. The average molecular weight is 404 g/mol. The van der Waals surface area contributed by atoms with E-state index in [-0.39, 0.29) is 29.1 Å². The van der Waals surface area contributed by atoms with Gasteiger partial charge in [0.25, 0.3) is 5.56 Å². The zero-order valence-corrected chi connectivity index (χ0v) is 17.9. The van der Waals surface area contributed by atoms with Gasteiger partial charge in [-0.05, 0) is 37.0 Å². The summed E-state index contributed by atoms with van der Waals surface area (Å²) < 4.78 is 1.40. The van der Waals surface area contributed by atoms with Gasteiger partial charge < -0.3 is 21.4 Å². The first kappa shape index (κ1) is 21.8. The first-order valence-electron chi connectivity index (χ1n) is 9.09. The van der Waals surface area contributed by atoms with Gasteiger partial charge in [0.1, 0.15) is 18.1 Å². The molecule has 0 aliphatic carbocycles. The minimum Gasteiger partial charge on any atom is -0.393 e. The standard InChI is InChI=1S/C20H29N5O2S/c1-12-8-15(28-11-20(3,4)5)18(22)19(27)25(12)10-17(26)23-9-14-6-7-16(21)24-13(14)2/h6-8H,9-11,22H2,1-5H3,(H2,21,24)(H,23,26). The number of amides is 1. The molecule has 0 bridgehead atoms. The van der Waals surface area contributed by atoms with Gasteiger partial charge in [-0.2, -0.15) is 0 Å². The van der Waals surface area contributed by atoms with Crippen molar-refractivity contribution in [3.8, 4) is 0 Å². The molecule has 0 fully saturated rings. The molecule has 0 radical (unpaired) electrons. The van der Waals surface area contributed by atoms with E-state index in [9.17, 15) is 9.59 Å². The molecule has 1 amide bonds. The zero-order chi connectivity index (χ0) is 21.1. The number of hydrogen-bond acceptors (Lipinski definition) is 6. The molecule has 0 aliphatic heterocycles. The van der Waals surface area contributed by atoms with Crippen LogP contribution in [0.5, 0.6) is 0 Å². The van der Waals surface area contributed by atoms with E-state index in [0.717, 1.165) is 21.9 Å². The van der Waals surface area contributed by atoms with Crippen molar-refractivity contribution < 1.29 is 4.79 Å². The smallest absolute Gasteiger partial charge is 0.275 e. The Balaban J connectivity index is 2.09. The Hall–Kier alpha value is -2.48. The molecule has 0 unspecified atom stereocenters. The van der Waals surface area contributed by atoms with Crippen molar-refractivity contribution in [1.82, 2.24) is 14.9 Å². The summed E-state index contributed by atoms with van der Waals surface area (Å²) in [6.45, 7) is 10.3. The third-order valence-corrected chi connectivity index (χ3v) is 5.82. The Morgan fingerprint density at radius 2 is 1.93 bits per heavy atom. The predicted octanol–water partition coefficient (Wildman–Crippen LogP) is 2.48. The van der Waals surface area contributed by atoms with Crippen molar-refractivity contribution in [3.05, 3.63) is 45.5 Å². The van der Waals surface area contributed by atoms with E-state index in [1.54, 1.807) is 17.8 Å². The van der Waals surface area contributed by atoms with Crippen LogP contribution in [-0.4, -0.2) is 21.2 Å². The lowest BCUT2D eigenvalue weighted by atomic mass is 10.0. The van der Waals surface area contributed by atoms with E-state index < -0.39 is 0 Å². The Morgan fingerprint density at radius 1 is 1.25 bits per heavy atom.